The summed E-state index contributed by atoms with van der Waals surface area (Å²) in [4.78, 5) is 27.2. The minimum absolute atomic E-state index is 0.0487. The van der Waals surface area contributed by atoms with Gasteiger partial charge in [0.15, 0.2) is 5.78 Å². The van der Waals surface area contributed by atoms with E-state index in [1.165, 1.54) is 23.1 Å². The molecule has 2 aliphatic rings. The first-order valence-corrected chi connectivity index (χ1v) is 11.0. The number of rotatable bonds is 8. The van der Waals surface area contributed by atoms with E-state index in [2.05, 4.69) is 28.4 Å². The third-order valence-corrected chi connectivity index (χ3v) is 6.09. The van der Waals surface area contributed by atoms with Gasteiger partial charge in [0.05, 0.1) is 13.2 Å². The van der Waals surface area contributed by atoms with Crippen LogP contribution in [-0.2, 0) is 35.5 Å². The van der Waals surface area contributed by atoms with Gasteiger partial charge < -0.3 is 10.1 Å². The molecule has 5 nitrogen and oxygen atoms in total. The number of amides is 1. The number of aryl methyl sites for hydroxylation is 2. The molecule has 1 heterocycles. The summed E-state index contributed by atoms with van der Waals surface area (Å²) < 4.78 is 5.42. The molecule has 2 aromatic carbocycles. The van der Waals surface area contributed by atoms with Gasteiger partial charge >= 0.3 is 0 Å². The van der Waals surface area contributed by atoms with Crippen molar-refractivity contribution in [2.75, 3.05) is 26.3 Å². The zero-order valence-corrected chi connectivity index (χ0v) is 17.5. The molecule has 2 aromatic rings. The number of ether oxygens (including phenoxy) is 1. The van der Waals surface area contributed by atoms with Gasteiger partial charge in [-0.2, -0.15) is 0 Å². The first-order valence-electron chi connectivity index (χ1n) is 11.0. The number of hydrogen-bond donors (Lipinski definition) is 1. The quantitative estimate of drug-likeness (QED) is 0.684. The molecule has 0 radical (unpaired) electrons. The molecule has 4 rings (SSSR count). The second-order valence-electron chi connectivity index (χ2n) is 8.19. The largest absolute Gasteiger partial charge is 0.379 e. The van der Waals surface area contributed by atoms with Gasteiger partial charge in [-0.1, -0.05) is 36.4 Å². The summed E-state index contributed by atoms with van der Waals surface area (Å²) in [6, 6.07) is 14.2. The first kappa shape index (κ1) is 20.8. The van der Waals surface area contributed by atoms with Gasteiger partial charge in [0.1, 0.15) is 0 Å². The fourth-order valence-corrected chi connectivity index (χ4v) is 4.28. The molecule has 1 aliphatic carbocycles. The normalized spacial score (nSPS) is 16.3. The van der Waals surface area contributed by atoms with Crippen molar-refractivity contribution < 1.29 is 14.3 Å². The van der Waals surface area contributed by atoms with Crippen LogP contribution in [0.25, 0.3) is 0 Å². The van der Waals surface area contributed by atoms with E-state index >= 15 is 0 Å². The topological polar surface area (TPSA) is 58.6 Å². The standard InChI is InChI=1S/C25H30N2O3/c28-24(21-9-8-19-6-3-7-20(19)16-21)10-11-25(29)26-17-22-4-1-2-5-23(22)18-27-12-14-30-15-13-27/h1-2,4-5,8-9,16H,3,6-7,10-15,17-18H2,(H,26,29). The second-order valence-corrected chi connectivity index (χ2v) is 8.19. The molecule has 0 bridgehead atoms. The Hall–Kier alpha value is -2.50. The molecule has 1 fully saturated rings. The fourth-order valence-electron chi connectivity index (χ4n) is 4.28. The van der Waals surface area contributed by atoms with Crippen molar-refractivity contribution >= 4 is 11.7 Å². The lowest BCUT2D eigenvalue weighted by atomic mass is 10.0. The highest BCUT2D eigenvalue weighted by atomic mass is 16.5. The van der Waals surface area contributed by atoms with Crippen molar-refractivity contribution in [1.82, 2.24) is 10.2 Å². The highest BCUT2D eigenvalue weighted by Crippen LogP contribution is 2.23. The maximum absolute atomic E-state index is 12.5. The number of carbonyl (C=O) groups is 2. The molecule has 1 aliphatic heterocycles. The maximum Gasteiger partial charge on any atom is 0.220 e. The highest BCUT2D eigenvalue weighted by molar-refractivity contribution is 5.98. The molecule has 5 heteroatoms. The lowest BCUT2D eigenvalue weighted by molar-refractivity contribution is -0.121. The van der Waals surface area contributed by atoms with Crippen molar-refractivity contribution in [2.45, 2.75) is 45.2 Å². The van der Waals surface area contributed by atoms with Gasteiger partial charge in [-0.05, 0) is 47.6 Å². The Morgan fingerprint density at radius 1 is 0.933 bits per heavy atom. The van der Waals surface area contributed by atoms with Gasteiger partial charge in [-0.15, -0.1) is 0 Å². The number of carbonyl (C=O) groups excluding carboxylic acids is 2. The van der Waals surface area contributed by atoms with Gasteiger partial charge in [-0.25, -0.2) is 0 Å². The smallest absolute Gasteiger partial charge is 0.220 e. The van der Waals surface area contributed by atoms with Crippen molar-refractivity contribution in [3.05, 3.63) is 70.3 Å². The molecule has 0 unspecified atom stereocenters. The third kappa shape index (κ3) is 5.35. The Labute approximate surface area is 178 Å². The number of nitrogens with one attached hydrogen (secondary N) is 1. The van der Waals surface area contributed by atoms with E-state index in [-0.39, 0.29) is 24.5 Å². The van der Waals surface area contributed by atoms with E-state index in [0.29, 0.717) is 6.54 Å². The van der Waals surface area contributed by atoms with E-state index in [1.54, 1.807) is 0 Å². The SMILES string of the molecule is O=C(CCC(=O)c1ccc2c(c1)CCC2)NCc1ccccc1CN1CCOCC1. The van der Waals surface area contributed by atoms with Crippen molar-refractivity contribution in [3.8, 4) is 0 Å². The summed E-state index contributed by atoms with van der Waals surface area (Å²) >= 11 is 0. The van der Waals surface area contributed by atoms with Gasteiger partial charge in [0.25, 0.3) is 0 Å². The lowest BCUT2D eigenvalue weighted by Crippen LogP contribution is -2.36. The summed E-state index contributed by atoms with van der Waals surface area (Å²) in [5.74, 6) is -0.0294. The van der Waals surface area contributed by atoms with Crippen molar-refractivity contribution in [3.63, 3.8) is 0 Å². The lowest BCUT2D eigenvalue weighted by Gasteiger charge is -2.27. The number of nitrogens with zero attached hydrogens (tertiary/aromatic N) is 1. The summed E-state index contributed by atoms with van der Waals surface area (Å²) in [7, 11) is 0. The molecular weight excluding hydrogens is 376 g/mol. The van der Waals surface area contributed by atoms with Crippen LogP contribution in [0, 0.1) is 0 Å². The van der Waals surface area contributed by atoms with Crippen LogP contribution in [0.1, 0.15) is 51.9 Å². The van der Waals surface area contributed by atoms with E-state index in [1.807, 2.05) is 24.3 Å². The molecule has 0 spiro atoms. The number of ketones is 1. The Balaban J connectivity index is 1.26. The van der Waals surface area contributed by atoms with E-state index in [0.717, 1.165) is 56.8 Å². The number of Topliss-reactive ketones (excluding diaryl/α,β-unsaturated/α-hetero) is 1. The summed E-state index contributed by atoms with van der Waals surface area (Å²) in [5, 5.41) is 2.99. The van der Waals surface area contributed by atoms with Crippen LogP contribution in [0.4, 0.5) is 0 Å². The molecule has 0 atom stereocenters. The Morgan fingerprint density at radius 2 is 1.70 bits per heavy atom. The average molecular weight is 407 g/mol. The molecule has 1 N–H and O–H groups in total. The summed E-state index contributed by atoms with van der Waals surface area (Å²) in [6.45, 7) is 4.78. The van der Waals surface area contributed by atoms with Crippen molar-refractivity contribution in [1.29, 1.82) is 0 Å². The van der Waals surface area contributed by atoms with Crippen LogP contribution in [0.5, 0.6) is 0 Å². The average Bonchev–Trinajstić information content (AvgIpc) is 3.25. The number of benzene rings is 2. The zero-order chi connectivity index (χ0) is 20.8. The molecule has 0 saturated carbocycles. The molecule has 0 aromatic heterocycles. The third-order valence-electron chi connectivity index (χ3n) is 6.09. The van der Waals surface area contributed by atoms with Crippen molar-refractivity contribution in [2.24, 2.45) is 0 Å². The van der Waals surface area contributed by atoms with Crippen LogP contribution >= 0.6 is 0 Å². The summed E-state index contributed by atoms with van der Waals surface area (Å²) in [5.41, 5.74) is 5.75. The van der Waals surface area contributed by atoms with Gasteiger partial charge in [0.2, 0.25) is 5.91 Å². The molecule has 30 heavy (non-hydrogen) atoms. The molecular formula is C25H30N2O3. The number of hydrogen-bond acceptors (Lipinski definition) is 4. The summed E-state index contributed by atoms with van der Waals surface area (Å²) in [6.07, 6.45) is 3.81. The molecule has 1 saturated heterocycles. The van der Waals surface area contributed by atoms with Gasteiger partial charge in [-0.3, -0.25) is 14.5 Å². The minimum Gasteiger partial charge on any atom is -0.379 e. The van der Waals surface area contributed by atoms with Crippen LogP contribution in [0.15, 0.2) is 42.5 Å². The number of morpholine rings is 1. The zero-order valence-electron chi connectivity index (χ0n) is 17.5. The highest BCUT2D eigenvalue weighted by Gasteiger charge is 2.16. The van der Waals surface area contributed by atoms with E-state index in [9.17, 15) is 9.59 Å². The minimum atomic E-state index is -0.0781. The molecule has 1 amide bonds. The fraction of sp³-hybridized carbons (Fsp3) is 0.440. The van der Waals surface area contributed by atoms with E-state index in [4.69, 9.17) is 4.74 Å². The van der Waals surface area contributed by atoms with Gasteiger partial charge in [0, 0.05) is 44.6 Å². The predicted octanol–water partition coefficient (Wildman–Crippen LogP) is 3.29. The first-order chi connectivity index (χ1) is 14.7. The maximum atomic E-state index is 12.5. The van der Waals surface area contributed by atoms with Crippen LogP contribution < -0.4 is 5.32 Å². The second kappa shape index (κ2) is 10.0. The number of fused-ring (bicyclic) bond motifs is 1. The molecule has 158 valence electrons. The van der Waals surface area contributed by atoms with E-state index < -0.39 is 0 Å². The van der Waals surface area contributed by atoms with Crippen LogP contribution in [0.2, 0.25) is 0 Å². The monoisotopic (exact) mass is 406 g/mol. The van der Waals surface area contributed by atoms with Crippen LogP contribution in [-0.4, -0.2) is 42.9 Å². The Morgan fingerprint density at radius 3 is 2.53 bits per heavy atom. The Bertz CT molecular complexity index is 903. The van der Waals surface area contributed by atoms with Crippen LogP contribution in [0.3, 0.4) is 0 Å². The predicted molar refractivity (Wildman–Crippen MR) is 116 cm³/mol. The Kier molecular flexibility index (Phi) is 6.92.